The normalized spacial score (nSPS) is 16.6. The van der Waals surface area contributed by atoms with E-state index in [2.05, 4.69) is 10.3 Å². The molecule has 1 atom stereocenters. The number of rotatable bonds is 4. The Morgan fingerprint density at radius 3 is 2.62 bits per heavy atom. The minimum absolute atomic E-state index is 0.231. The summed E-state index contributed by atoms with van der Waals surface area (Å²) < 4.78 is 14.4. The first kappa shape index (κ1) is 16.9. The van der Waals surface area contributed by atoms with Gasteiger partial charge in [0.2, 0.25) is 5.91 Å². The van der Waals surface area contributed by atoms with Crippen molar-refractivity contribution in [3.8, 4) is 0 Å². The first-order valence-corrected chi connectivity index (χ1v) is 8.44. The number of nitrogens with one attached hydrogen (secondary N) is 1. The van der Waals surface area contributed by atoms with Gasteiger partial charge in [0, 0.05) is 16.8 Å². The van der Waals surface area contributed by atoms with Crippen LogP contribution in [0.5, 0.6) is 0 Å². The van der Waals surface area contributed by atoms with Gasteiger partial charge in [0.25, 0.3) is 0 Å². The number of benzene rings is 1. The number of amides is 1. The number of aromatic nitrogens is 1. The Morgan fingerprint density at radius 2 is 1.96 bits per heavy atom. The van der Waals surface area contributed by atoms with Gasteiger partial charge in [0.15, 0.2) is 0 Å². The number of anilines is 1. The summed E-state index contributed by atoms with van der Waals surface area (Å²) >= 11 is 6.23. The molecule has 4 nitrogen and oxygen atoms in total. The van der Waals surface area contributed by atoms with Crippen molar-refractivity contribution in [2.45, 2.75) is 25.3 Å². The zero-order valence-corrected chi connectivity index (χ0v) is 14.0. The van der Waals surface area contributed by atoms with Gasteiger partial charge in [-0.1, -0.05) is 30.2 Å². The highest BCUT2D eigenvalue weighted by Crippen LogP contribution is 2.32. The molecule has 6 heteroatoms. The van der Waals surface area contributed by atoms with E-state index in [1.807, 2.05) is 4.90 Å². The zero-order valence-electron chi connectivity index (χ0n) is 13.2. The van der Waals surface area contributed by atoms with Crippen LogP contribution in [0.15, 0.2) is 42.6 Å². The van der Waals surface area contributed by atoms with Crippen molar-refractivity contribution >= 4 is 23.3 Å². The van der Waals surface area contributed by atoms with Crippen molar-refractivity contribution in [3.05, 3.63) is 59.0 Å². The molecular weight excluding hydrogens is 329 g/mol. The van der Waals surface area contributed by atoms with Crippen molar-refractivity contribution in [1.29, 1.82) is 0 Å². The number of carbonyl (C=O) groups excluding carboxylic acids is 1. The number of piperidine rings is 1. The fraction of sp³-hybridized carbons (Fsp3) is 0.333. The molecule has 2 heterocycles. The molecule has 1 amide bonds. The van der Waals surface area contributed by atoms with Crippen molar-refractivity contribution in [3.63, 3.8) is 0 Å². The standard InChI is InChI=1S/C18H19ClFN3O/c19-13-7-6-8-14(20)16(13)17(23-11-4-1-5-12-23)18(24)22-15-9-2-3-10-21-15/h2-3,6-10,17H,1,4-5,11-12H2,(H,21,22,24). The summed E-state index contributed by atoms with van der Waals surface area (Å²) in [6.07, 6.45) is 4.69. The van der Waals surface area contributed by atoms with Gasteiger partial charge in [-0.25, -0.2) is 9.37 Å². The molecule has 1 aromatic carbocycles. The van der Waals surface area contributed by atoms with E-state index in [0.717, 1.165) is 32.4 Å². The predicted octanol–water partition coefficient (Wildman–Crippen LogP) is 4.04. The highest BCUT2D eigenvalue weighted by molar-refractivity contribution is 6.31. The largest absolute Gasteiger partial charge is 0.309 e. The third-order valence-corrected chi connectivity index (χ3v) is 4.52. The third kappa shape index (κ3) is 3.74. The van der Waals surface area contributed by atoms with Crippen LogP contribution in [0.25, 0.3) is 0 Å². The number of pyridine rings is 1. The van der Waals surface area contributed by atoms with Crippen LogP contribution < -0.4 is 5.32 Å². The van der Waals surface area contributed by atoms with Crippen molar-refractivity contribution in [2.24, 2.45) is 0 Å². The second-order valence-electron chi connectivity index (χ2n) is 5.84. The number of halogens is 2. The van der Waals surface area contributed by atoms with Crippen LogP contribution in [-0.2, 0) is 4.79 Å². The quantitative estimate of drug-likeness (QED) is 0.907. The summed E-state index contributed by atoms with van der Waals surface area (Å²) in [7, 11) is 0. The van der Waals surface area contributed by atoms with E-state index in [-0.39, 0.29) is 16.5 Å². The molecule has 1 N–H and O–H groups in total. The maximum atomic E-state index is 14.4. The van der Waals surface area contributed by atoms with Crippen LogP contribution in [0.3, 0.4) is 0 Å². The SMILES string of the molecule is O=C(Nc1ccccn1)C(c1c(F)cccc1Cl)N1CCCCC1. The van der Waals surface area contributed by atoms with Crippen LogP contribution in [-0.4, -0.2) is 28.9 Å². The summed E-state index contributed by atoms with van der Waals surface area (Å²) in [5.74, 6) is -0.339. The van der Waals surface area contributed by atoms with Gasteiger partial charge in [-0.3, -0.25) is 9.69 Å². The lowest BCUT2D eigenvalue weighted by Crippen LogP contribution is -2.41. The molecular formula is C18H19ClFN3O. The monoisotopic (exact) mass is 347 g/mol. The van der Waals surface area contributed by atoms with Crippen molar-refractivity contribution in [1.82, 2.24) is 9.88 Å². The van der Waals surface area contributed by atoms with Gasteiger partial charge in [-0.05, 0) is 50.2 Å². The molecule has 0 bridgehead atoms. The molecule has 0 saturated carbocycles. The van der Waals surface area contributed by atoms with Gasteiger partial charge in [0.1, 0.15) is 17.7 Å². The molecule has 1 saturated heterocycles. The topological polar surface area (TPSA) is 45.2 Å². The average Bonchev–Trinajstić information content (AvgIpc) is 2.60. The second-order valence-corrected chi connectivity index (χ2v) is 6.25. The Balaban J connectivity index is 1.94. The number of hydrogen-bond donors (Lipinski definition) is 1. The second kappa shape index (κ2) is 7.73. The van der Waals surface area contributed by atoms with E-state index >= 15 is 0 Å². The maximum absolute atomic E-state index is 14.4. The van der Waals surface area contributed by atoms with E-state index < -0.39 is 11.9 Å². The fourth-order valence-corrected chi connectivity index (χ4v) is 3.33. The fourth-order valence-electron chi connectivity index (χ4n) is 3.06. The lowest BCUT2D eigenvalue weighted by molar-refractivity contribution is -0.122. The van der Waals surface area contributed by atoms with E-state index in [9.17, 15) is 9.18 Å². The number of carbonyl (C=O) groups is 1. The predicted molar refractivity (Wildman–Crippen MR) is 92.4 cm³/mol. The Hall–Kier alpha value is -1.98. The Morgan fingerprint density at radius 1 is 1.17 bits per heavy atom. The van der Waals surface area contributed by atoms with Crippen molar-refractivity contribution in [2.75, 3.05) is 18.4 Å². The third-order valence-electron chi connectivity index (χ3n) is 4.19. The smallest absolute Gasteiger partial charge is 0.247 e. The Kier molecular flexibility index (Phi) is 5.43. The van der Waals surface area contributed by atoms with Crippen LogP contribution in [0.4, 0.5) is 10.2 Å². The summed E-state index contributed by atoms with van der Waals surface area (Å²) in [4.78, 5) is 19.0. The highest BCUT2D eigenvalue weighted by Gasteiger charge is 2.32. The maximum Gasteiger partial charge on any atom is 0.247 e. The van der Waals surface area contributed by atoms with Crippen LogP contribution in [0.1, 0.15) is 30.9 Å². The van der Waals surface area contributed by atoms with Crippen LogP contribution >= 0.6 is 11.6 Å². The Bertz CT molecular complexity index is 684. The van der Waals surface area contributed by atoms with Gasteiger partial charge in [-0.15, -0.1) is 0 Å². The van der Waals surface area contributed by atoms with E-state index in [1.54, 1.807) is 36.5 Å². The van der Waals surface area contributed by atoms with E-state index in [4.69, 9.17) is 11.6 Å². The summed E-state index contributed by atoms with van der Waals surface area (Å²) in [5.41, 5.74) is 0.231. The summed E-state index contributed by atoms with van der Waals surface area (Å²) in [6, 6.07) is 9.00. The number of nitrogens with zero attached hydrogens (tertiary/aromatic N) is 2. The van der Waals surface area contributed by atoms with Gasteiger partial charge < -0.3 is 5.32 Å². The lowest BCUT2D eigenvalue weighted by Gasteiger charge is -2.34. The lowest BCUT2D eigenvalue weighted by atomic mass is 10.00. The zero-order chi connectivity index (χ0) is 16.9. The molecule has 126 valence electrons. The molecule has 1 aliphatic heterocycles. The van der Waals surface area contributed by atoms with Crippen LogP contribution in [0, 0.1) is 5.82 Å². The minimum atomic E-state index is -0.763. The average molecular weight is 348 g/mol. The molecule has 0 aliphatic carbocycles. The minimum Gasteiger partial charge on any atom is -0.309 e. The van der Waals surface area contributed by atoms with E-state index in [0.29, 0.717) is 5.82 Å². The Labute approximate surface area is 145 Å². The molecule has 1 fully saturated rings. The van der Waals surface area contributed by atoms with Gasteiger partial charge >= 0.3 is 0 Å². The van der Waals surface area contributed by atoms with Gasteiger partial charge in [-0.2, -0.15) is 0 Å². The van der Waals surface area contributed by atoms with Crippen LogP contribution in [0.2, 0.25) is 5.02 Å². The first-order valence-electron chi connectivity index (χ1n) is 8.06. The summed E-state index contributed by atoms with van der Waals surface area (Å²) in [5, 5.41) is 3.04. The molecule has 24 heavy (non-hydrogen) atoms. The first-order chi connectivity index (χ1) is 11.7. The van der Waals surface area contributed by atoms with Crippen molar-refractivity contribution < 1.29 is 9.18 Å². The molecule has 0 spiro atoms. The summed E-state index contributed by atoms with van der Waals surface area (Å²) in [6.45, 7) is 1.48. The number of likely N-dealkylation sites (tertiary alicyclic amines) is 1. The molecule has 1 aromatic heterocycles. The highest BCUT2D eigenvalue weighted by atomic mass is 35.5. The molecule has 1 aliphatic rings. The number of hydrogen-bond acceptors (Lipinski definition) is 3. The molecule has 3 rings (SSSR count). The van der Waals surface area contributed by atoms with E-state index in [1.165, 1.54) is 6.07 Å². The molecule has 1 unspecified atom stereocenters. The van der Waals surface area contributed by atoms with Gasteiger partial charge in [0.05, 0.1) is 0 Å². The molecule has 0 radical (unpaired) electrons. The molecule has 2 aromatic rings.